The fourth-order valence-electron chi connectivity index (χ4n) is 5.72. The first-order valence-corrected chi connectivity index (χ1v) is 12.6. The summed E-state index contributed by atoms with van der Waals surface area (Å²) in [5, 5.41) is 0. The first kappa shape index (κ1) is 23.0. The van der Waals surface area contributed by atoms with Gasteiger partial charge >= 0.3 is 0 Å². The van der Waals surface area contributed by atoms with Crippen molar-refractivity contribution in [3.05, 3.63) is 60.0 Å². The van der Waals surface area contributed by atoms with Crippen molar-refractivity contribution in [3.8, 4) is 11.5 Å². The molecule has 34 heavy (non-hydrogen) atoms. The van der Waals surface area contributed by atoms with Crippen molar-refractivity contribution in [2.45, 2.75) is 50.7 Å². The Morgan fingerprint density at radius 3 is 2.44 bits per heavy atom. The Hall–Kier alpha value is -2.73. The number of piperazine rings is 1. The molecular weight excluding hydrogens is 426 g/mol. The summed E-state index contributed by atoms with van der Waals surface area (Å²) in [4.78, 5) is 20.8. The molecule has 0 unspecified atom stereocenters. The van der Waals surface area contributed by atoms with Gasteiger partial charge in [-0.3, -0.25) is 9.69 Å². The third kappa shape index (κ3) is 4.13. The normalized spacial score (nSPS) is 19.7. The van der Waals surface area contributed by atoms with Gasteiger partial charge in [-0.1, -0.05) is 31.9 Å². The zero-order valence-electron chi connectivity index (χ0n) is 20.5. The largest absolute Gasteiger partial charge is 0.493 e. The number of amides is 1. The number of benzene rings is 2. The maximum absolute atomic E-state index is 13.6. The lowest BCUT2D eigenvalue weighted by Gasteiger charge is -2.44. The molecule has 1 aliphatic carbocycles. The Bertz CT molecular complexity index is 1030. The summed E-state index contributed by atoms with van der Waals surface area (Å²) in [5.74, 6) is 1.49. The lowest BCUT2D eigenvalue weighted by atomic mass is 9.91. The van der Waals surface area contributed by atoms with E-state index >= 15 is 0 Å². The minimum atomic E-state index is -0.0551. The molecule has 0 N–H and O–H groups in total. The number of hydrogen-bond acceptors (Lipinski definition) is 5. The summed E-state index contributed by atoms with van der Waals surface area (Å²) in [7, 11) is 3.28. The van der Waals surface area contributed by atoms with Gasteiger partial charge in [0, 0.05) is 55.6 Å². The molecular formula is C28H36N3O3. The summed E-state index contributed by atoms with van der Waals surface area (Å²) >= 11 is 0. The minimum Gasteiger partial charge on any atom is -0.493 e. The first-order chi connectivity index (χ1) is 16.6. The highest BCUT2D eigenvalue weighted by Crippen LogP contribution is 2.40. The molecule has 0 bridgehead atoms. The second kappa shape index (κ2) is 9.87. The molecule has 1 saturated heterocycles. The van der Waals surface area contributed by atoms with Crippen molar-refractivity contribution in [3.63, 3.8) is 0 Å². The quantitative estimate of drug-likeness (QED) is 0.570. The van der Waals surface area contributed by atoms with Crippen molar-refractivity contribution < 1.29 is 14.3 Å². The molecule has 6 heteroatoms. The van der Waals surface area contributed by atoms with Gasteiger partial charge in [-0.05, 0) is 49.1 Å². The molecule has 1 saturated carbocycles. The van der Waals surface area contributed by atoms with E-state index in [2.05, 4.69) is 22.8 Å². The van der Waals surface area contributed by atoms with E-state index in [0.717, 1.165) is 56.2 Å². The highest BCUT2D eigenvalue weighted by molar-refractivity contribution is 6.00. The fraction of sp³-hybridized carbons (Fsp3) is 0.500. The number of methoxy groups -OCH3 is 2. The molecule has 2 aliphatic heterocycles. The molecule has 0 spiro atoms. The number of fused-ring (bicyclic) bond motifs is 1. The third-order valence-electron chi connectivity index (χ3n) is 7.86. The zero-order valence-corrected chi connectivity index (χ0v) is 20.5. The fourth-order valence-corrected chi connectivity index (χ4v) is 5.72. The highest BCUT2D eigenvalue weighted by Gasteiger charge is 2.36. The molecule has 5 rings (SSSR count). The van der Waals surface area contributed by atoms with Crippen LogP contribution in [-0.4, -0.2) is 62.1 Å². The number of carbonyl (C=O) groups excluding carboxylic acids is 1. The maximum Gasteiger partial charge on any atom is 0.255 e. The van der Waals surface area contributed by atoms with E-state index in [0.29, 0.717) is 18.0 Å². The topological polar surface area (TPSA) is 45.3 Å². The van der Waals surface area contributed by atoms with E-state index < -0.39 is 0 Å². The van der Waals surface area contributed by atoms with Crippen molar-refractivity contribution in [1.29, 1.82) is 0 Å². The first-order valence-electron chi connectivity index (χ1n) is 12.6. The molecule has 181 valence electrons. The summed E-state index contributed by atoms with van der Waals surface area (Å²) in [6, 6.07) is 12.9. The standard InChI is InChI=1S/C28H36N3O3/c1-4-7-24(20-12-13-26(33-2)27(18-20)34-3)31-19-23-22(28(31)32)10-6-11-25(23)30-16-14-29(15-17-30)21-8-5-9-21/h6,10-13,18,21,24H,1,4-5,7-9,14-17,19H2,2-3H3/t24-/m1/s1. The molecule has 2 aromatic carbocycles. The van der Waals surface area contributed by atoms with Gasteiger partial charge in [0.2, 0.25) is 0 Å². The van der Waals surface area contributed by atoms with Gasteiger partial charge in [-0.2, -0.15) is 0 Å². The molecule has 2 fully saturated rings. The number of carbonyl (C=O) groups is 1. The number of rotatable bonds is 8. The number of ether oxygens (including phenoxy) is 2. The smallest absolute Gasteiger partial charge is 0.255 e. The Morgan fingerprint density at radius 1 is 1.03 bits per heavy atom. The lowest BCUT2D eigenvalue weighted by Crippen LogP contribution is -2.52. The van der Waals surface area contributed by atoms with Gasteiger partial charge in [0.15, 0.2) is 11.5 Å². The Balaban J connectivity index is 1.38. The van der Waals surface area contributed by atoms with Crippen molar-refractivity contribution in [2.24, 2.45) is 0 Å². The highest BCUT2D eigenvalue weighted by atomic mass is 16.5. The van der Waals surface area contributed by atoms with Crippen LogP contribution in [0.5, 0.6) is 11.5 Å². The van der Waals surface area contributed by atoms with Crippen molar-refractivity contribution >= 4 is 11.6 Å². The van der Waals surface area contributed by atoms with E-state index in [1.165, 1.54) is 30.5 Å². The average Bonchev–Trinajstić information content (AvgIpc) is 3.18. The van der Waals surface area contributed by atoms with Crippen LogP contribution in [-0.2, 0) is 6.54 Å². The number of hydrogen-bond donors (Lipinski definition) is 0. The summed E-state index contributed by atoms with van der Waals surface area (Å²) in [6.45, 7) is 9.00. The van der Waals surface area contributed by atoms with Gasteiger partial charge in [0.25, 0.3) is 5.91 Å². The molecule has 6 nitrogen and oxygen atoms in total. The van der Waals surface area contributed by atoms with Crippen molar-refractivity contribution in [1.82, 2.24) is 9.80 Å². The minimum absolute atomic E-state index is 0.0551. The molecule has 1 amide bonds. The van der Waals surface area contributed by atoms with Gasteiger partial charge in [-0.25, -0.2) is 0 Å². The third-order valence-corrected chi connectivity index (χ3v) is 7.86. The van der Waals surface area contributed by atoms with E-state index in [-0.39, 0.29) is 11.9 Å². The van der Waals surface area contributed by atoms with Gasteiger partial charge in [-0.15, -0.1) is 0 Å². The Morgan fingerprint density at radius 2 is 1.79 bits per heavy atom. The summed E-state index contributed by atoms with van der Waals surface area (Å²) in [6.07, 6.45) is 5.63. The predicted octanol–water partition coefficient (Wildman–Crippen LogP) is 4.69. The van der Waals surface area contributed by atoms with Gasteiger partial charge < -0.3 is 19.3 Å². The summed E-state index contributed by atoms with van der Waals surface area (Å²) in [5.41, 5.74) is 4.29. The van der Waals surface area contributed by atoms with Crippen LogP contribution in [0.2, 0.25) is 0 Å². The monoisotopic (exact) mass is 462 g/mol. The van der Waals surface area contributed by atoms with E-state index in [1.54, 1.807) is 14.2 Å². The van der Waals surface area contributed by atoms with Crippen LogP contribution in [0.25, 0.3) is 0 Å². The van der Waals surface area contributed by atoms with E-state index in [4.69, 9.17) is 9.47 Å². The second-order valence-corrected chi connectivity index (χ2v) is 9.62. The molecule has 2 heterocycles. The van der Waals surface area contributed by atoms with Crippen molar-refractivity contribution in [2.75, 3.05) is 45.3 Å². The molecule has 3 aliphatic rings. The van der Waals surface area contributed by atoms with Crippen LogP contribution in [0.4, 0.5) is 5.69 Å². The Kier molecular flexibility index (Phi) is 6.68. The molecule has 1 radical (unpaired) electrons. The SMILES string of the molecule is [CH2]CC[C@H](c1ccc(OC)c(OC)c1)N1Cc2c(cccc2N2CCN(C3CCC3)CC2)C1=O. The lowest BCUT2D eigenvalue weighted by molar-refractivity contribution is 0.0692. The summed E-state index contributed by atoms with van der Waals surface area (Å²) < 4.78 is 11.0. The zero-order chi connectivity index (χ0) is 23.7. The number of anilines is 1. The second-order valence-electron chi connectivity index (χ2n) is 9.62. The van der Waals surface area contributed by atoms with Gasteiger partial charge in [0.1, 0.15) is 0 Å². The predicted molar refractivity (Wildman–Crippen MR) is 135 cm³/mol. The van der Waals surface area contributed by atoms with Crippen LogP contribution < -0.4 is 14.4 Å². The molecule has 2 aromatic rings. The molecule has 0 aromatic heterocycles. The molecule has 1 atom stereocenters. The van der Waals surface area contributed by atoms with Crippen LogP contribution >= 0.6 is 0 Å². The number of nitrogens with zero attached hydrogens (tertiary/aromatic N) is 3. The van der Waals surface area contributed by atoms with E-state index in [9.17, 15) is 4.79 Å². The van der Waals surface area contributed by atoms with E-state index in [1.807, 2.05) is 35.2 Å². The van der Waals surface area contributed by atoms with Crippen LogP contribution in [0.3, 0.4) is 0 Å². The maximum atomic E-state index is 13.6. The van der Waals surface area contributed by atoms with Crippen LogP contribution in [0, 0.1) is 6.92 Å². The van der Waals surface area contributed by atoms with Crippen LogP contribution in [0.15, 0.2) is 36.4 Å². The Labute approximate surface area is 203 Å². The van der Waals surface area contributed by atoms with Crippen LogP contribution in [0.1, 0.15) is 59.6 Å². The average molecular weight is 463 g/mol. The van der Waals surface area contributed by atoms with Gasteiger partial charge in [0.05, 0.1) is 20.3 Å².